The van der Waals surface area contributed by atoms with Crippen LogP contribution in [0.3, 0.4) is 0 Å². The number of para-hydroxylation sites is 1. The molecule has 0 radical (unpaired) electrons. The van der Waals surface area contributed by atoms with E-state index in [-0.39, 0.29) is 0 Å². The van der Waals surface area contributed by atoms with Crippen LogP contribution in [0.1, 0.15) is 0 Å². The quantitative estimate of drug-likeness (QED) is 0.722. The van der Waals surface area contributed by atoms with Crippen LogP contribution in [-0.4, -0.2) is 14.8 Å². The van der Waals surface area contributed by atoms with Gasteiger partial charge in [-0.15, -0.1) is 0 Å². The zero-order valence-electron chi connectivity index (χ0n) is 9.49. The second kappa shape index (κ2) is 4.74. The summed E-state index contributed by atoms with van der Waals surface area (Å²) in [7, 11) is 0. The van der Waals surface area contributed by atoms with Gasteiger partial charge in [0.05, 0.1) is 23.3 Å². The largest absolute Gasteiger partial charge is 0.255 e. The molecule has 0 N–H and O–H groups in total. The van der Waals surface area contributed by atoms with Gasteiger partial charge in [-0.3, -0.25) is 4.98 Å². The number of pyridine rings is 1. The molecule has 0 spiro atoms. The molecule has 0 atom stereocenters. The van der Waals surface area contributed by atoms with Crippen LogP contribution in [-0.2, 0) is 0 Å². The van der Waals surface area contributed by atoms with Crippen LogP contribution < -0.4 is 0 Å². The maximum absolute atomic E-state index is 4.37. The summed E-state index contributed by atoms with van der Waals surface area (Å²) in [5.41, 5.74) is 2.89. The first kappa shape index (κ1) is 11.2. The highest BCUT2D eigenvalue weighted by atomic mass is 79.9. The topological polar surface area (TPSA) is 30.7 Å². The second-order valence-corrected chi connectivity index (χ2v) is 4.65. The number of hydrogen-bond acceptors (Lipinski definition) is 2. The highest BCUT2D eigenvalue weighted by Crippen LogP contribution is 2.25. The van der Waals surface area contributed by atoms with Crippen LogP contribution in [0, 0.1) is 0 Å². The molecule has 0 bridgehead atoms. The third-order valence-corrected chi connectivity index (χ3v) is 3.32. The zero-order chi connectivity index (χ0) is 12.4. The standard InChI is InChI=1S/C14H10BrN3/c15-11-5-1-2-7-13(11)18-14(8-10-17-18)12-6-3-4-9-16-12/h1-10H. The fraction of sp³-hybridized carbons (Fsp3) is 0. The third kappa shape index (κ3) is 1.95. The van der Waals surface area contributed by atoms with E-state index in [1.54, 1.807) is 12.4 Å². The smallest absolute Gasteiger partial charge is 0.0925 e. The number of hydrogen-bond donors (Lipinski definition) is 0. The molecule has 3 aromatic rings. The first-order valence-electron chi connectivity index (χ1n) is 5.56. The summed E-state index contributed by atoms with van der Waals surface area (Å²) in [6.45, 7) is 0. The molecule has 0 aliphatic rings. The van der Waals surface area contributed by atoms with Crippen LogP contribution >= 0.6 is 15.9 Å². The molecule has 0 fully saturated rings. The van der Waals surface area contributed by atoms with Gasteiger partial charge in [0.15, 0.2) is 0 Å². The Kier molecular flexibility index (Phi) is 2.94. The Morgan fingerprint density at radius 1 is 0.889 bits per heavy atom. The molecule has 0 aliphatic heterocycles. The molecule has 2 aromatic heterocycles. The van der Waals surface area contributed by atoms with E-state index in [0.29, 0.717) is 0 Å². The Labute approximate surface area is 113 Å². The van der Waals surface area contributed by atoms with E-state index < -0.39 is 0 Å². The molecular weight excluding hydrogens is 290 g/mol. The van der Waals surface area contributed by atoms with Crippen LogP contribution in [0.5, 0.6) is 0 Å². The first-order valence-corrected chi connectivity index (χ1v) is 6.36. The van der Waals surface area contributed by atoms with Gasteiger partial charge in [-0.05, 0) is 46.3 Å². The summed E-state index contributed by atoms with van der Waals surface area (Å²) >= 11 is 3.54. The number of rotatable bonds is 2. The highest BCUT2D eigenvalue weighted by Gasteiger charge is 2.09. The monoisotopic (exact) mass is 299 g/mol. The molecule has 0 saturated carbocycles. The minimum atomic E-state index is 0.908. The lowest BCUT2D eigenvalue weighted by atomic mass is 10.2. The molecule has 3 nitrogen and oxygen atoms in total. The van der Waals surface area contributed by atoms with Crippen molar-refractivity contribution in [1.82, 2.24) is 14.8 Å². The third-order valence-electron chi connectivity index (χ3n) is 2.65. The first-order chi connectivity index (χ1) is 8.86. The maximum atomic E-state index is 4.37. The van der Waals surface area contributed by atoms with E-state index in [1.165, 1.54) is 0 Å². The molecular formula is C14H10BrN3. The van der Waals surface area contributed by atoms with Gasteiger partial charge in [0, 0.05) is 10.7 Å². The molecule has 4 heteroatoms. The van der Waals surface area contributed by atoms with Gasteiger partial charge in [0.25, 0.3) is 0 Å². The zero-order valence-corrected chi connectivity index (χ0v) is 11.1. The molecule has 88 valence electrons. The van der Waals surface area contributed by atoms with E-state index >= 15 is 0 Å². The predicted molar refractivity (Wildman–Crippen MR) is 74.5 cm³/mol. The molecule has 3 rings (SSSR count). The highest BCUT2D eigenvalue weighted by molar-refractivity contribution is 9.10. The van der Waals surface area contributed by atoms with Gasteiger partial charge in [-0.1, -0.05) is 18.2 Å². The van der Waals surface area contributed by atoms with E-state index in [2.05, 4.69) is 26.0 Å². The average Bonchev–Trinajstić information content (AvgIpc) is 2.89. The van der Waals surface area contributed by atoms with Crippen molar-refractivity contribution in [1.29, 1.82) is 0 Å². The Balaban J connectivity index is 2.16. The van der Waals surface area contributed by atoms with Gasteiger partial charge in [0.1, 0.15) is 0 Å². The van der Waals surface area contributed by atoms with Crippen molar-refractivity contribution in [2.24, 2.45) is 0 Å². The average molecular weight is 300 g/mol. The van der Waals surface area contributed by atoms with Crippen molar-refractivity contribution in [3.05, 3.63) is 65.4 Å². The minimum Gasteiger partial charge on any atom is -0.255 e. The van der Waals surface area contributed by atoms with Gasteiger partial charge in [0.2, 0.25) is 0 Å². The van der Waals surface area contributed by atoms with E-state index in [9.17, 15) is 0 Å². The van der Waals surface area contributed by atoms with Gasteiger partial charge in [-0.25, -0.2) is 4.68 Å². The lowest BCUT2D eigenvalue weighted by Gasteiger charge is -2.08. The van der Waals surface area contributed by atoms with Gasteiger partial charge >= 0.3 is 0 Å². The summed E-state index contributed by atoms with van der Waals surface area (Å²) in [5.74, 6) is 0. The number of aromatic nitrogens is 3. The molecule has 0 amide bonds. The summed E-state index contributed by atoms with van der Waals surface area (Å²) in [4.78, 5) is 4.36. The molecule has 18 heavy (non-hydrogen) atoms. The molecule has 2 heterocycles. The van der Waals surface area contributed by atoms with Crippen molar-refractivity contribution in [2.75, 3.05) is 0 Å². The normalized spacial score (nSPS) is 10.5. The van der Waals surface area contributed by atoms with Crippen molar-refractivity contribution in [3.8, 4) is 17.1 Å². The molecule has 0 unspecified atom stereocenters. The summed E-state index contributed by atoms with van der Waals surface area (Å²) in [6, 6.07) is 15.8. The van der Waals surface area contributed by atoms with E-state index in [1.807, 2.05) is 53.2 Å². The van der Waals surface area contributed by atoms with Gasteiger partial charge < -0.3 is 0 Å². The fourth-order valence-electron chi connectivity index (χ4n) is 1.83. The van der Waals surface area contributed by atoms with Crippen molar-refractivity contribution in [2.45, 2.75) is 0 Å². The number of halogens is 1. The van der Waals surface area contributed by atoms with Crippen LogP contribution in [0.25, 0.3) is 17.1 Å². The Hall–Kier alpha value is -1.94. The lowest BCUT2D eigenvalue weighted by molar-refractivity contribution is 0.880. The predicted octanol–water partition coefficient (Wildman–Crippen LogP) is 3.70. The Morgan fingerprint density at radius 3 is 2.50 bits per heavy atom. The van der Waals surface area contributed by atoms with E-state index in [4.69, 9.17) is 0 Å². The lowest BCUT2D eigenvalue weighted by Crippen LogP contribution is -2.00. The molecule has 0 aliphatic carbocycles. The minimum absolute atomic E-state index is 0.908. The van der Waals surface area contributed by atoms with Crippen LogP contribution in [0.4, 0.5) is 0 Å². The van der Waals surface area contributed by atoms with Crippen molar-refractivity contribution in [3.63, 3.8) is 0 Å². The summed E-state index contributed by atoms with van der Waals surface area (Å²) < 4.78 is 2.89. The number of nitrogens with zero attached hydrogens (tertiary/aromatic N) is 3. The molecule has 0 saturated heterocycles. The second-order valence-electron chi connectivity index (χ2n) is 3.79. The Morgan fingerprint density at radius 2 is 1.72 bits per heavy atom. The van der Waals surface area contributed by atoms with Gasteiger partial charge in [-0.2, -0.15) is 5.10 Å². The summed E-state index contributed by atoms with van der Waals surface area (Å²) in [6.07, 6.45) is 3.57. The van der Waals surface area contributed by atoms with E-state index in [0.717, 1.165) is 21.5 Å². The SMILES string of the molecule is Brc1ccccc1-n1nccc1-c1ccccn1. The molecule has 1 aromatic carbocycles. The van der Waals surface area contributed by atoms with Crippen molar-refractivity contribution >= 4 is 15.9 Å². The summed E-state index contributed by atoms with van der Waals surface area (Å²) in [5, 5.41) is 4.37. The van der Waals surface area contributed by atoms with Crippen LogP contribution in [0.15, 0.2) is 65.4 Å². The van der Waals surface area contributed by atoms with Crippen LogP contribution in [0.2, 0.25) is 0 Å². The Bertz CT molecular complexity index is 662. The number of benzene rings is 1. The maximum Gasteiger partial charge on any atom is 0.0925 e. The van der Waals surface area contributed by atoms with Crippen molar-refractivity contribution < 1.29 is 0 Å². The fourth-order valence-corrected chi connectivity index (χ4v) is 2.28.